The van der Waals surface area contributed by atoms with E-state index in [0.29, 0.717) is 0 Å². The van der Waals surface area contributed by atoms with E-state index in [9.17, 15) is 4.79 Å². The van der Waals surface area contributed by atoms with Crippen molar-refractivity contribution < 1.29 is 4.79 Å². The molecule has 1 unspecified atom stereocenters. The molecule has 2 heterocycles. The van der Waals surface area contributed by atoms with E-state index >= 15 is 0 Å². The molecule has 0 bridgehead atoms. The van der Waals surface area contributed by atoms with E-state index in [0.717, 1.165) is 16.8 Å². The van der Waals surface area contributed by atoms with Crippen LogP contribution in [-0.4, -0.2) is 5.91 Å². The minimum Gasteiger partial charge on any atom is -0.301 e. The van der Waals surface area contributed by atoms with Crippen molar-refractivity contribution in [3.63, 3.8) is 0 Å². The molecule has 1 atom stereocenters. The van der Waals surface area contributed by atoms with Crippen LogP contribution in [-0.2, 0) is 10.2 Å². The van der Waals surface area contributed by atoms with Crippen molar-refractivity contribution in [1.82, 2.24) is 0 Å². The van der Waals surface area contributed by atoms with Gasteiger partial charge < -0.3 is 4.90 Å². The zero-order valence-corrected chi connectivity index (χ0v) is 17.9. The quantitative estimate of drug-likeness (QED) is 0.355. The number of thiophene rings is 1. The van der Waals surface area contributed by atoms with Gasteiger partial charge in [-0.25, -0.2) is 0 Å². The third-order valence-corrected chi connectivity index (χ3v) is 7.01. The van der Waals surface area contributed by atoms with Crippen molar-refractivity contribution in [1.29, 1.82) is 0 Å². The van der Waals surface area contributed by atoms with Crippen molar-refractivity contribution in [3.05, 3.63) is 124 Å². The minimum atomic E-state index is -0.734. The van der Waals surface area contributed by atoms with E-state index in [1.54, 1.807) is 11.3 Å². The average Bonchev–Trinajstić information content (AvgIpc) is 3.29. The SMILES string of the molecule is Cc1ccc(C2(c3ccc(C)cc3)C(=O)N(c3ccccc3)C2c2cccs2)cc1. The van der Waals surface area contributed by atoms with Gasteiger partial charge in [0.25, 0.3) is 0 Å². The van der Waals surface area contributed by atoms with Gasteiger partial charge in [-0.15, -0.1) is 11.3 Å². The van der Waals surface area contributed by atoms with Gasteiger partial charge in [-0.3, -0.25) is 4.79 Å². The number of carbonyl (C=O) groups excluding carboxylic acids is 1. The number of para-hydroxylation sites is 1. The Balaban J connectivity index is 1.77. The third kappa shape index (κ3) is 2.73. The average molecular weight is 410 g/mol. The zero-order valence-electron chi connectivity index (χ0n) is 17.1. The zero-order chi connectivity index (χ0) is 20.7. The fraction of sp³-hybridized carbons (Fsp3) is 0.148. The van der Waals surface area contributed by atoms with Gasteiger partial charge in [0.05, 0.1) is 6.04 Å². The number of aryl methyl sites for hydroxylation is 2. The number of hydrogen-bond donors (Lipinski definition) is 0. The maximum atomic E-state index is 14.1. The Bertz CT molecular complexity index is 1120. The van der Waals surface area contributed by atoms with Gasteiger partial charge in [-0.1, -0.05) is 83.9 Å². The minimum absolute atomic E-state index is 0.0854. The van der Waals surface area contributed by atoms with Gasteiger partial charge in [-0.2, -0.15) is 0 Å². The van der Waals surface area contributed by atoms with Crippen LogP contribution in [0.15, 0.2) is 96.4 Å². The third-order valence-electron chi connectivity index (χ3n) is 6.09. The molecule has 0 saturated carbocycles. The predicted molar refractivity (Wildman–Crippen MR) is 124 cm³/mol. The van der Waals surface area contributed by atoms with Crippen LogP contribution >= 0.6 is 11.3 Å². The molecule has 3 heteroatoms. The van der Waals surface area contributed by atoms with Gasteiger partial charge in [0, 0.05) is 10.6 Å². The van der Waals surface area contributed by atoms with Gasteiger partial charge in [0.2, 0.25) is 5.91 Å². The highest BCUT2D eigenvalue weighted by Crippen LogP contribution is 2.58. The summed E-state index contributed by atoms with van der Waals surface area (Å²) in [4.78, 5) is 17.2. The molecule has 1 aliphatic heterocycles. The van der Waals surface area contributed by atoms with Crippen LogP contribution in [0.3, 0.4) is 0 Å². The summed E-state index contributed by atoms with van der Waals surface area (Å²) in [6.45, 7) is 4.16. The summed E-state index contributed by atoms with van der Waals surface area (Å²) in [5.41, 5.74) is 4.69. The van der Waals surface area contributed by atoms with Crippen LogP contribution in [0.25, 0.3) is 0 Å². The molecular weight excluding hydrogens is 386 g/mol. The van der Waals surface area contributed by atoms with E-state index in [1.807, 2.05) is 35.2 Å². The Morgan fingerprint density at radius 2 is 1.30 bits per heavy atom. The number of carbonyl (C=O) groups is 1. The number of nitrogens with zero attached hydrogens (tertiary/aromatic N) is 1. The van der Waals surface area contributed by atoms with Crippen molar-refractivity contribution >= 4 is 22.9 Å². The topological polar surface area (TPSA) is 20.3 Å². The van der Waals surface area contributed by atoms with E-state index < -0.39 is 5.41 Å². The first-order valence-electron chi connectivity index (χ1n) is 10.2. The Kier molecular flexibility index (Phi) is 4.56. The number of anilines is 1. The second kappa shape index (κ2) is 7.26. The van der Waals surface area contributed by atoms with Crippen molar-refractivity contribution in [2.75, 3.05) is 4.90 Å². The first-order valence-corrected chi connectivity index (χ1v) is 11.1. The molecule has 0 N–H and O–H groups in total. The van der Waals surface area contributed by atoms with E-state index in [1.165, 1.54) is 16.0 Å². The lowest BCUT2D eigenvalue weighted by molar-refractivity contribution is -0.131. The smallest absolute Gasteiger partial charge is 0.245 e. The molecule has 3 aromatic carbocycles. The van der Waals surface area contributed by atoms with Gasteiger partial charge >= 0.3 is 0 Å². The van der Waals surface area contributed by atoms with Crippen molar-refractivity contribution in [2.45, 2.75) is 25.3 Å². The van der Waals surface area contributed by atoms with Crippen LogP contribution in [0.5, 0.6) is 0 Å². The molecule has 0 aliphatic carbocycles. The Labute approximate surface area is 181 Å². The second-order valence-corrected chi connectivity index (χ2v) is 8.95. The lowest BCUT2D eigenvalue weighted by atomic mass is 9.61. The highest BCUT2D eigenvalue weighted by atomic mass is 32.1. The standard InChI is InChI=1S/C27H23NOS/c1-19-10-14-21(15-11-19)27(22-16-12-20(2)13-17-22)25(24-9-6-18-30-24)28(26(27)29)23-7-4-3-5-8-23/h3-18,25H,1-2H3. The van der Waals surface area contributed by atoms with Gasteiger partial charge in [0.1, 0.15) is 5.41 Å². The van der Waals surface area contributed by atoms with Crippen molar-refractivity contribution in [2.24, 2.45) is 0 Å². The number of rotatable bonds is 4. The fourth-order valence-electron chi connectivity index (χ4n) is 4.56. The maximum absolute atomic E-state index is 14.1. The summed E-state index contributed by atoms with van der Waals surface area (Å²) in [6, 6.07) is 31.1. The molecule has 0 spiro atoms. The highest BCUT2D eigenvalue weighted by molar-refractivity contribution is 7.10. The Hall–Kier alpha value is -3.17. The summed E-state index contributed by atoms with van der Waals surface area (Å²) in [7, 11) is 0. The van der Waals surface area contributed by atoms with E-state index in [-0.39, 0.29) is 11.9 Å². The predicted octanol–water partition coefficient (Wildman–Crippen LogP) is 6.44. The molecule has 4 aromatic rings. The second-order valence-electron chi connectivity index (χ2n) is 7.97. The molecule has 5 rings (SSSR count). The lowest BCUT2D eigenvalue weighted by Crippen LogP contribution is -2.67. The maximum Gasteiger partial charge on any atom is 0.245 e. The molecule has 1 aromatic heterocycles. The van der Waals surface area contributed by atoms with Crippen LogP contribution in [0.4, 0.5) is 5.69 Å². The Morgan fingerprint density at radius 1 is 0.733 bits per heavy atom. The molecule has 2 nitrogen and oxygen atoms in total. The van der Waals surface area contributed by atoms with Gasteiger partial charge in [-0.05, 0) is 48.6 Å². The largest absolute Gasteiger partial charge is 0.301 e. The van der Waals surface area contributed by atoms with Crippen LogP contribution in [0.1, 0.15) is 33.2 Å². The number of hydrogen-bond acceptors (Lipinski definition) is 2. The lowest BCUT2D eigenvalue weighted by Gasteiger charge is -2.56. The molecule has 0 radical (unpaired) electrons. The van der Waals surface area contributed by atoms with E-state index in [2.05, 4.69) is 79.9 Å². The molecule has 1 fully saturated rings. The molecular formula is C27H23NOS. The molecule has 1 amide bonds. The number of β-lactam (4-membered cyclic amide) rings is 1. The first-order chi connectivity index (χ1) is 14.6. The monoisotopic (exact) mass is 409 g/mol. The highest BCUT2D eigenvalue weighted by Gasteiger charge is 2.63. The Morgan fingerprint density at radius 3 is 1.80 bits per heavy atom. The van der Waals surface area contributed by atoms with E-state index in [4.69, 9.17) is 0 Å². The summed E-state index contributed by atoms with van der Waals surface area (Å²) in [5.74, 6) is 0.125. The summed E-state index contributed by atoms with van der Waals surface area (Å²) in [5, 5.41) is 2.09. The van der Waals surface area contributed by atoms with Crippen LogP contribution in [0, 0.1) is 13.8 Å². The van der Waals surface area contributed by atoms with Crippen molar-refractivity contribution in [3.8, 4) is 0 Å². The summed E-state index contributed by atoms with van der Waals surface area (Å²) >= 11 is 1.71. The molecule has 30 heavy (non-hydrogen) atoms. The molecule has 1 aliphatic rings. The van der Waals surface area contributed by atoms with Crippen LogP contribution in [0.2, 0.25) is 0 Å². The molecule has 1 saturated heterocycles. The molecule has 148 valence electrons. The number of benzene rings is 3. The summed E-state index contributed by atoms with van der Waals surface area (Å²) < 4.78 is 0. The van der Waals surface area contributed by atoms with Crippen LogP contribution < -0.4 is 4.90 Å². The normalized spacial score (nSPS) is 17.6. The fourth-order valence-corrected chi connectivity index (χ4v) is 5.44. The first kappa shape index (κ1) is 18.8. The van der Waals surface area contributed by atoms with Gasteiger partial charge in [0.15, 0.2) is 0 Å². The summed E-state index contributed by atoms with van der Waals surface area (Å²) in [6.07, 6.45) is 0. The number of amides is 1.